The lowest BCUT2D eigenvalue weighted by Crippen LogP contribution is -2.28. The van der Waals surface area contributed by atoms with E-state index in [9.17, 15) is 9.59 Å². The predicted octanol–water partition coefficient (Wildman–Crippen LogP) is 2.87. The Kier molecular flexibility index (Phi) is 5.83. The Balaban J connectivity index is 2.78. The van der Waals surface area contributed by atoms with E-state index < -0.39 is 12.2 Å². The molecule has 6 heteroatoms. The third-order valence-corrected chi connectivity index (χ3v) is 2.71. The zero-order valence-corrected chi connectivity index (χ0v) is 12.3. The van der Waals surface area contributed by atoms with E-state index in [0.29, 0.717) is 24.6 Å². The topological polar surface area (TPSA) is 59.1 Å². The molecule has 0 saturated carbocycles. The van der Waals surface area contributed by atoms with Gasteiger partial charge in [0.1, 0.15) is 0 Å². The normalized spacial score (nSPS) is 9.80. The van der Waals surface area contributed by atoms with Crippen LogP contribution in [0, 0.1) is 0 Å². The van der Waals surface area contributed by atoms with Gasteiger partial charge in [0.25, 0.3) is 0 Å². The molecule has 110 valence electrons. The highest BCUT2D eigenvalue weighted by molar-refractivity contribution is 5.89. The summed E-state index contributed by atoms with van der Waals surface area (Å²) in [4.78, 5) is 26.0. The number of rotatable bonds is 4. The van der Waals surface area contributed by atoms with Crippen molar-refractivity contribution in [1.29, 1.82) is 0 Å². The minimum absolute atomic E-state index is 0.326. The number of carbonyl (C=O) groups is 2. The van der Waals surface area contributed by atoms with E-state index >= 15 is 0 Å². The highest BCUT2D eigenvalue weighted by Crippen LogP contribution is 2.20. The van der Waals surface area contributed by atoms with Gasteiger partial charge in [-0.15, -0.1) is 0 Å². The Hall–Kier alpha value is -2.24. The molecular weight excluding hydrogens is 260 g/mol. The fourth-order valence-corrected chi connectivity index (χ4v) is 1.55. The number of hydrogen-bond acceptors (Lipinski definition) is 4. The molecule has 0 bridgehead atoms. The van der Waals surface area contributed by atoms with Crippen LogP contribution in [0.3, 0.4) is 0 Å². The van der Waals surface area contributed by atoms with E-state index in [1.165, 1.54) is 9.80 Å². The molecule has 0 aliphatic rings. The van der Waals surface area contributed by atoms with Gasteiger partial charge in [-0.25, -0.2) is 9.59 Å². The Morgan fingerprint density at radius 2 is 1.15 bits per heavy atom. The first kappa shape index (κ1) is 15.8. The summed E-state index contributed by atoms with van der Waals surface area (Å²) < 4.78 is 9.82. The van der Waals surface area contributed by atoms with Crippen molar-refractivity contribution < 1.29 is 19.1 Å². The first-order valence-electron chi connectivity index (χ1n) is 6.42. The highest BCUT2D eigenvalue weighted by Gasteiger charge is 2.14. The van der Waals surface area contributed by atoms with Gasteiger partial charge in [-0.2, -0.15) is 0 Å². The molecule has 0 atom stereocenters. The number of nitrogens with zero attached hydrogens (tertiary/aromatic N) is 2. The van der Waals surface area contributed by atoms with E-state index in [0.717, 1.165) is 0 Å². The summed E-state index contributed by atoms with van der Waals surface area (Å²) in [6.07, 6.45) is -0.835. The van der Waals surface area contributed by atoms with E-state index in [4.69, 9.17) is 9.47 Å². The molecule has 1 aromatic rings. The minimum atomic E-state index is -0.418. The van der Waals surface area contributed by atoms with Crippen LogP contribution in [0.15, 0.2) is 24.3 Å². The Bertz CT molecular complexity index is 416. The van der Waals surface area contributed by atoms with E-state index in [1.54, 1.807) is 52.2 Å². The number of benzene rings is 1. The smallest absolute Gasteiger partial charge is 0.413 e. The Labute approximate surface area is 118 Å². The molecule has 6 nitrogen and oxygen atoms in total. The Morgan fingerprint density at radius 1 is 0.850 bits per heavy atom. The third-order valence-electron chi connectivity index (χ3n) is 2.71. The van der Waals surface area contributed by atoms with Crippen molar-refractivity contribution in [1.82, 2.24) is 0 Å². The predicted molar refractivity (Wildman–Crippen MR) is 77.3 cm³/mol. The minimum Gasteiger partial charge on any atom is -0.449 e. The van der Waals surface area contributed by atoms with Crippen molar-refractivity contribution in [3.63, 3.8) is 0 Å². The van der Waals surface area contributed by atoms with Crippen LogP contribution in [-0.2, 0) is 9.47 Å². The average molecular weight is 280 g/mol. The molecule has 2 amide bonds. The summed E-state index contributed by atoms with van der Waals surface area (Å²) in [5, 5.41) is 0. The monoisotopic (exact) mass is 280 g/mol. The molecule has 0 fully saturated rings. The van der Waals surface area contributed by atoms with Crippen LogP contribution in [0.25, 0.3) is 0 Å². The summed E-state index contributed by atoms with van der Waals surface area (Å²) >= 11 is 0. The fraction of sp³-hybridized carbons (Fsp3) is 0.429. The van der Waals surface area contributed by atoms with Crippen molar-refractivity contribution in [3.8, 4) is 0 Å². The van der Waals surface area contributed by atoms with Gasteiger partial charge >= 0.3 is 12.2 Å². The van der Waals surface area contributed by atoms with Gasteiger partial charge in [-0.1, -0.05) is 0 Å². The molecule has 1 aromatic carbocycles. The number of ether oxygens (including phenoxy) is 2. The van der Waals surface area contributed by atoms with Crippen molar-refractivity contribution in [2.24, 2.45) is 0 Å². The lowest BCUT2D eigenvalue weighted by atomic mass is 10.2. The largest absolute Gasteiger partial charge is 0.449 e. The molecular formula is C14H20N2O4. The number of anilines is 2. The van der Waals surface area contributed by atoms with Crippen LogP contribution < -0.4 is 9.80 Å². The summed E-state index contributed by atoms with van der Waals surface area (Å²) in [5.41, 5.74) is 1.37. The maximum atomic E-state index is 11.6. The molecule has 20 heavy (non-hydrogen) atoms. The maximum Gasteiger partial charge on any atom is 0.413 e. The van der Waals surface area contributed by atoms with Crippen molar-refractivity contribution >= 4 is 23.6 Å². The van der Waals surface area contributed by atoms with Gasteiger partial charge in [-0.3, -0.25) is 9.80 Å². The molecule has 0 aliphatic heterocycles. The second kappa shape index (κ2) is 7.37. The second-order valence-electron chi connectivity index (χ2n) is 4.03. The molecule has 1 rings (SSSR count). The average Bonchev–Trinajstić information content (AvgIpc) is 2.46. The Morgan fingerprint density at radius 3 is 1.40 bits per heavy atom. The first-order chi connectivity index (χ1) is 9.51. The summed E-state index contributed by atoms with van der Waals surface area (Å²) in [5.74, 6) is 0. The lowest BCUT2D eigenvalue weighted by Gasteiger charge is -2.19. The summed E-state index contributed by atoms with van der Waals surface area (Å²) in [7, 11) is 3.25. The van der Waals surface area contributed by atoms with E-state index in [-0.39, 0.29) is 0 Å². The molecule has 0 aliphatic carbocycles. The lowest BCUT2D eigenvalue weighted by molar-refractivity contribution is 0.160. The van der Waals surface area contributed by atoms with Gasteiger partial charge in [0, 0.05) is 25.5 Å². The highest BCUT2D eigenvalue weighted by atomic mass is 16.6. The molecule has 0 heterocycles. The summed E-state index contributed by atoms with van der Waals surface area (Å²) in [6.45, 7) is 4.16. The van der Waals surface area contributed by atoms with Crippen LogP contribution in [0.5, 0.6) is 0 Å². The summed E-state index contributed by atoms with van der Waals surface area (Å²) in [6, 6.07) is 6.95. The van der Waals surface area contributed by atoms with E-state index in [1.807, 2.05) is 0 Å². The first-order valence-corrected chi connectivity index (χ1v) is 6.42. The molecule has 0 spiro atoms. The van der Waals surface area contributed by atoms with Gasteiger partial charge < -0.3 is 9.47 Å². The zero-order chi connectivity index (χ0) is 15.1. The zero-order valence-electron chi connectivity index (χ0n) is 12.3. The van der Waals surface area contributed by atoms with Crippen LogP contribution in [0.1, 0.15) is 13.8 Å². The quantitative estimate of drug-likeness (QED) is 0.851. The molecule has 0 saturated heterocycles. The number of hydrogen-bond donors (Lipinski definition) is 0. The van der Waals surface area contributed by atoms with Crippen LogP contribution in [0.4, 0.5) is 21.0 Å². The fourth-order valence-electron chi connectivity index (χ4n) is 1.55. The molecule has 0 radical (unpaired) electrons. The van der Waals surface area contributed by atoms with Gasteiger partial charge in [-0.05, 0) is 38.1 Å². The van der Waals surface area contributed by atoms with Crippen LogP contribution >= 0.6 is 0 Å². The molecule has 0 unspecified atom stereocenters. The number of amides is 2. The van der Waals surface area contributed by atoms with Crippen LogP contribution in [0.2, 0.25) is 0 Å². The van der Waals surface area contributed by atoms with Crippen LogP contribution in [-0.4, -0.2) is 39.5 Å². The molecule has 0 N–H and O–H groups in total. The number of carbonyl (C=O) groups excluding carboxylic acids is 2. The molecule has 0 aromatic heterocycles. The van der Waals surface area contributed by atoms with Gasteiger partial charge in [0.2, 0.25) is 0 Å². The standard InChI is InChI=1S/C14H20N2O4/c1-5-19-13(17)15(3)11-7-9-12(10-8-11)16(4)14(18)20-6-2/h7-10H,5-6H2,1-4H3. The SMILES string of the molecule is CCOC(=O)N(C)c1ccc(N(C)C(=O)OCC)cc1. The van der Waals surface area contributed by atoms with Gasteiger partial charge in [0.05, 0.1) is 13.2 Å². The second-order valence-corrected chi connectivity index (χ2v) is 4.03. The van der Waals surface area contributed by atoms with Crippen molar-refractivity contribution in [2.45, 2.75) is 13.8 Å². The van der Waals surface area contributed by atoms with Crippen molar-refractivity contribution in [2.75, 3.05) is 37.1 Å². The van der Waals surface area contributed by atoms with E-state index in [2.05, 4.69) is 0 Å². The van der Waals surface area contributed by atoms with Gasteiger partial charge in [0.15, 0.2) is 0 Å². The van der Waals surface area contributed by atoms with Crippen molar-refractivity contribution in [3.05, 3.63) is 24.3 Å². The third kappa shape index (κ3) is 3.88. The maximum absolute atomic E-state index is 11.6.